The summed E-state index contributed by atoms with van der Waals surface area (Å²) in [7, 11) is 1.82. The Hall–Kier alpha value is -0.740. The van der Waals surface area contributed by atoms with Gasteiger partial charge >= 0.3 is 0 Å². The number of unbranched alkanes of at least 4 members (excludes halogenated alkanes) is 1. The Morgan fingerprint density at radius 1 is 1.28 bits per heavy atom. The molecule has 5 heteroatoms. The molecule has 1 aliphatic heterocycles. The van der Waals surface area contributed by atoms with Gasteiger partial charge in [-0.2, -0.15) is 0 Å². The molecular formula is C13H17ClO3S. The van der Waals surface area contributed by atoms with E-state index in [1.54, 1.807) is 0 Å². The van der Waals surface area contributed by atoms with E-state index in [0.717, 1.165) is 38.0 Å². The van der Waals surface area contributed by atoms with Crippen molar-refractivity contribution in [3.63, 3.8) is 0 Å². The fourth-order valence-electron chi connectivity index (χ4n) is 2.17. The van der Waals surface area contributed by atoms with E-state index in [2.05, 4.69) is 12.1 Å². The molecule has 0 saturated heterocycles. The summed E-state index contributed by atoms with van der Waals surface area (Å²) in [5.74, 6) is 1.05. The van der Waals surface area contributed by atoms with Gasteiger partial charge in [0.15, 0.2) is 0 Å². The highest BCUT2D eigenvalue weighted by Crippen LogP contribution is 2.26. The second-order valence-electron chi connectivity index (χ2n) is 4.59. The van der Waals surface area contributed by atoms with Crippen LogP contribution in [-0.2, 0) is 21.9 Å². The van der Waals surface area contributed by atoms with Crippen molar-refractivity contribution < 1.29 is 13.2 Å². The third-order valence-electron chi connectivity index (χ3n) is 3.08. The van der Waals surface area contributed by atoms with Crippen molar-refractivity contribution in [2.45, 2.75) is 32.1 Å². The molecule has 1 aromatic rings. The Morgan fingerprint density at radius 2 is 2.11 bits per heavy atom. The molecule has 1 heterocycles. The second-order valence-corrected chi connectivity index (χ2v) is 7.49. The summed E-state index contributed by atoms with van der Waals surface area (Å²) >= 11 is 0. The van der Waals surface area contributed by atoms with Crippen LogP contribution < -0.4 is 4.74 Å². The summed E-state index contributed by atoms with van der Waals surface area (Å²) in [6.45, 7) is 0.805. The van der Waals surface area contributed by atoms with Gasteiger partial charge in [0.1, 0.15) is 5.75 Å². The van der Waals surface area contributed by atoms with Crippen LogP contribution in [-0.4, -0.2) is 20.8 Å². The summed E-state index contributed by atoms with van der Waals surface area (Å²) in [6.07, 6.45) is 4.48. The molecule has 1 aromatic carbocycles. The molecule has 18 heavy (non-hydrogen) atoms. The van der Waals surface area contributed by atoms with Gasteiger partial charge < -0.3 is 4.74 Å². The summed E-state index contributed by atoms with van der Waals surface area (Å²) in [4.78, 5) is 0. The van der Waals surface area contributed by atoms with Gasteiger partial charge in [-0.15, -0.1) is 0 Å². The molecule has 100 valence electrons. The number of rotatable bonds is 5. The Balaban J connectivity index is 1.86. The molecule has 0 amide bonds. The summed E-state index contributed by atoms with van der Waals surface area (Å²) in [5, 5.41) is 0. The van der Waals surface area contributed by atoms with Crippen molar-refractivity contribution in [1.82, 2.24) is 0 Å². The van der Waals surface area contributed by atoms with Gasteiger partial charge in [-0.05, 0) is 49.3 Å². The SMILES string of the molecule is O=S(=O)(Cl)CCCCc1ccc2c(c1)CCCO2. The van der Waals surface area contributed by atoms with Gasteiger partial charge in [-0.1, -0.05) is 12.1 Å². The highest BCUT2D eigenvalue weighted by Gasteiger charge is 2.10. The van der Waals surface area contributed by atoms with Crippen molar-refractivity contribution in [1.29, 1.82) is 0 Å². The van der Waals surface area contributed by atoms with Gasteiger partial charge in [0.05, 0.1) is 12.4 Å². The zero-order chi connectivity index (χ0) is 13.0. The van der Waals surface area contributed by atoms with Crippen LogP contribution in [0.5, 0.6) is 5.75 Å². The Bertz CT molecular complexity index is 511. The predicted molar refractivity (Wildman–Crippen MR) is 72.8 cm³/mol. The van der Waals surface area contributed by atoms with E-state index in [9.17, 15) is 8.42 Å². The number of fused-ring (bicyclic) bond motifs is 1. The highest BCUT2D eigenvalue weighted by molar-refractivity contribution is 8.13. The minimum absolute atomic E-state index is 0.0581. The lowest BCUT2D eigenvalue weighted by Gasteiger charge is -2.17. The molecule has 0 spiro atoms. The van der Waals surface area contributed by atoms with Crippen LogP contribution in [0.15, 0.2) is 18.2 Å². The lowest BCUT2D eigenvalue weighted by molar-refractivity contribution is 0.288. The average Bonchev–Trinajstić information content (AvgIpc) is 2.33. The number of benzene rings is 1. The number of hydrogen-bond donors (Lipinski definition) is 0. The lowest BCUT2D eigenvalue weighted by Crippen LogP contribution is -2.08. The molecule has 0 radical (unpaired) electrons. The maximum atomic E-state index is 10.8. The Morgan fingerprint density at radius 3 is 2.89 bits per heavy atom. The topological polar surface area (TPSA) is 43.4 Å². The largest absolute Gasteiger partial charge is 0.493 e. The zero-order valence-corrected chi connectivity index (χ0v) is 11.8. The molecule has 0 aromatic heterocycles. The van der Waals surface area contributed by atoms with Crippen LogP contribution in [0, 0.1) is 0 Å². The zero-order valence-electron chi connectivity index (χ0n) is 10.2. The second kappa shape index (κ2) is 5.93. The van der Waals surface area contributed by atoms with Crippen molar-refractivity contribution in [2.24, 2.45) is 0 Å². The lowest BCUT2D eigenvalue weighted by atomic mass is 10.0. The van der Waals surface area contributed by atoms with E-state index in [1.807, 2.05) is 6.07 Å². The van der Waals surface area contributed by atoms with Crippen molar-refractivity contribution in [2.75, 3.05) is 12.4 Å². The first-order chi connectivity index (χ1) is 8.54. The standard InChI is InChI=1S/C13H17ClO3S/c14-18(15,16)9-2-1-4-11-6-7-13-12(10-11)5-3-8-17-13/h6-7,10H,1-5,8-9H2. The fourth-order valence-corrected chi connectivity index (χ4v) is 3.05. The predicted octanol–water partition coefficient (Wildman–Crippen LogP) is 2.90. The van der Waals surface area contributed by atoms with Crippen molar-refractivity contribution >= 4 is 19.7 Å². The minimum Gasteiger partial charge on any atom is -0.493 e. The molecule has 0 fully saturated rings. The van der Waals surface area contributed by atoms with Gasteiger partial charge in [0.2, 0.25) is 9.05 Å². The third-order valence-corrected chi connectivity index (χ3v) is 4.32. The smallest absolute Gasteiger partial charge is 0.232 e. The van der Waals surface area contributed by atoms with Gasteiger partial charge in [0, 0.05) is 10.7 Å². The molecular weight excluding hydrogens is 272 g/mol. The number of hydrogen-bond acceptors (Lipinski definition) is 3. The molecule has 2 rings (SSSR count). The van der Waals surface area contributed by atoms with Crippen LogP contribution in [0.4, 0.5) is 0 Å². The maximum absolute atomic E-state index is 10.8. The fraction of sp³-hybridized carbons (Fsp3) is 0.538. The Kier molecular flexibility index (Phi) is 4.51. The first-order valence-electron chi connectivity index (χ1n) is 6.21. The third kappa shape index (κ3) is 4.18. The molecule has 0 atom stereocenters. The summed E-state index contributed by atoms with van der Waals surface area (Å²) < 4.78 is 27.1. The van der Waals surface area contributed by atoms with Gasteiger partial charge in [-0.25, -0.2) is 8.42 Å². The molecule has 0 unspecified atom stereocenters. The molecule has 1 aliphatic rings. The van der Waals surface area contributed by atoms with Crippen molar-refractivity contribution in [3.8, 4) is 5.75 Å². The normalized spacial score (nSPS) is 14.9. The van der Waals surface area contributed by atoms with Gasteiger partial charge in [-0.3, -0.25) is 0 Å². The number of halogens is 1. The van der Waals surface area contributed by atoms with Crippen LogP contribution in [0.1, 0.15) is 30.4 Å². The average molecular weight is 289 g/mol. The quantitative estimate of drug-likeness (QED) is 0.618. The number of aryl methyl sites for hydroxylation is 2. The van der Waals surface area contributed by atoms with Crippen LogP contribution in [0.3, 0.4) is 0 Å². The first-order valence-corrected chi connectivity index (χ1v) is 8.69. The summed E-state index contributed by atoms with van der Waals surface area (Å²) in [6, 6.07) is 6.24. The number of ether oxygens (including phenoxy) is 1. The van der Waals surface area contributed by atoms with Crippen LogP contribution >= 0.6 is 10.7 Å². The molecule has 0 saturated carbocycles. The molecule has 0 aliphatic carbocycles. The van der Waals surface area contributed by atoms with E-state index in [1.165, 1.54) is 11.1 Å². The highest BCUT2D eigenvalue weighted by atomic mass is 35.7. The van der Waals surface area contributed by atoms with E-state index in [-0.39, 0.29) is 5.75 Å². The molecule has 0 N–H and O–H groups in total. The van der Waals surface area contributed by atoms with E-state index >= 15 is 0 Å². The first kappa shape index (κ1) is 13.7. The summed E-state index contributed by atoms with van der Waals surface area (Å²) in [5.41, 5.74) is 2.51. The maximum Gasteiger partial charge on any atom is 0.232 e. The van der Waals surface area contributed by atoms with Crippen molar-refractivity contribution in [3.05, 3.63) is 29.3 Å². The minimum atomic E-state index is -3.34. The molecule has 3 nitrogen and oxygen atoms in total. The monoisotopic (exact) mass is 288 g/mol. The van der Waals surface area contributed by atoms with Crippen LogP contribution in [0.25, 0.3) is 0 Å². The molecule has 0 bridgehead atoms. The van der Waals surface area contributed by atoms with E-state index in [4.69, 9.17) is 15.4 Å². The van der Waals surface area contributed by atoms with E-state index < -0.39 is 9.05 Å². The van der Waals surface area contributed by atoms with E-state index in [0.29, 0.717) is 6.42 Å². The van der Waals surface area contributed by atoms with Crippen LogP contribution in [0.2, 0.25) is 0 Å². The Labute approximate surface area is 113 Å². The van der Waals surface area contributed by atoms with Gasteiger partial charge in [0.25, 0.3) is 0 Å².